The Kier molecular flexibility index (Phi) is 2.06. The van der Waals surface area contributed by atoms with Crippen LogP contribution in [-0.4, -0.2) is 24.5 Å². The first-order valence-electron chi connectivity index (χ1n) is 5.12. The molecule has 0 atom stereocenters. The van der Waals surface area contributed by atoms with Crippen molar-refractivity contribution in [1.29, 1.82) is 0 Å². The normalized spacial score (nSPS) is 35.8. The quantitative estimate of drug-likeness (QED) is 0.653. The van der Waals surface area contributed by atoms with E-state index in [-0.39, 0.29) is 11.4 Å². The van der Waals surface area contributed by atoms with Gasteiger partial charge in [-0.1, -0.05) is 6.92 Å². The van der Waals surface area contributed by atoms with Gasteiger partial charge in [-0.3, -0.25) is 4.79 Å². The molecule has 74 valence electrons. The van der Waals surface area contributed by atoms with E-state index in [1.165, 1.54) is 0 Å². The lowest BCUT2D eigenvalue weighted by atomic mass is 9.75. The minimum Gasteiger partial charge on any atom is -0.348 e. The molecular formula is C10H18N2O. The predicted molar refractivity (Wildman–Crippen MR) is 51.3 cm³/mol. The van der Waals surface area contributed by atoms with Crippen LogP contribution in [0.3, 0.4) is 0 Å². The van der Waals surface area contributed by atoms with Crippen LogP contribution in [-0.2, 0) is 4.79 Å². The summed E-state index contributed by atoms with van der Waals surface area (Å²) in [5.74, 6) is 1.32. The van der Waals surface area contributed by atoms with Gasteiger partial charge in [0.05, 0.1) is 5.54 Å². The molecule has 1 saturated heterocycles. The Morgan fingerprint density at radius 2 is 2.08 bits per heavy atom. The molecule has 0 aromatic heterocycles. The molecule has 1 saturated carbocycles. The summed E-state index contributed by atoms with van der Waals surface area (Å²) in [7, 11) is 0. The van der Waals surface area contributed by atoms with Crippen molar-refractivity contribution in [3.05, 3.63) is 0 Å². The lowest BCUT2D eigenvalue weighted by Crippen LogP contribution is -2.68. The number of carbonyl (C=O) groups excluding carboxylic acids is 1. The number of hydrogen-bond acceptors (Lipinski definition) is 2. The van der Waals surface area contributed by atoms with Crippen molar-refractivity contribution in [2.75, 3.05) is 13.1 Å². The molecule has 0 radical (unpaired) electrons. The second-order valence-electron chi connectivity index (χ2n) is 4.93. The van der Waals surface area contributed by atoms with Crippen LogP contribution in [0.1, 0.15) is 26.7 Å². The van der Waals surface area contributed by atoms with E-state index >= 15 is 0 Å². The van der Waals surface area contributed by atoms with Gasteiger partial charge < -0.3 is 10.6 Å². The maximum absolute atomic E-state index is 11.6. The third kappa shape index (κ3) is 1.70. The Bertz CT molecular complexity index is 217. The SMILES string of the molecule is CC1CC(C(=O)NC2(C)CNC2)C1. The number of nitrogens with one attached hydrogen (secondary N) is 2. The van der Waals surface area contributed by atoms with Gasteiger partial charge in [0.1, 0.15) is 0 Å². The fourth-order valence-corrected chi connectivity index (χ4v) is 2.10. The Morgan fingerprint density at radius 1 is 1.46 bits per heavy atom. The first kappa shape index (κ1) is 9.00. The second kappa shape index (κ2) is 2.98. The molecule has 0 bridgehead atoms. The van der Waals surface area contributed by atoms with Crippen LogP contribution in [0.2, 0.25) is 0 Å². The summed E-state index contributed by atoms with van der Waals surface area (Å²) >= 11 is 0. The highest BCUT2D eigenvalue weighted by molar-refractivity contribution is 5.80. The minimum atomic E-state index is 0.0376. The van der Waals surface area contributed by atoms with Gasteiger partial charge in [-0.2, -0.15) is 0 Å². The smallest absolute Gasteiger partial charge is 0.223 e. The number of rotatable bonds is 2. The predicted octanol–water partition coefficient (Wildman–Crippen LogP) is 0.511. The highest BCUT2D eigenvalue weighted by Gasteiger charge is 2.38. The van der Waals surface area contributed by atoms with Crippen molar-refractivity contribution >= 4 is 5.91 Å². The minimum absolute atomic E-state index is 0.0376. The van der Waals surface area contributed by atoms with Crippen LogP contribution in [0.5, 0.6) is 0 Å². The lowest BCUT2D eigenvalue weighted by Gasteiger charge is -2.42. The van der Waals surface area contributed by atoms with E-state index in [0.717, 1.165) is 31.8 Å². The molecule has 1 heterocycles. The first-order chi connectivity index (χ1) is 6.09. The topological polar surface area (TPSA) is 41.1 Å². The van der Waals surface area contributed by atoms with Gasteiger partial charge in [0, 0.05) is 19.0 Å². The molecule has 0 aromatic rings. The molecule has 1 aliphatic carbocycles. The monoisotopic (exact) mass is 182 g/mol. The van der Waals surface area contributed by atoms with Gasteiger partial charge in [-0.25, -0.2) is 0 Å². The molecule has 0 unspecified atom stereocenters. The molecule has 0 aromatic carbocycles. The molecule has 0 spiro atoms. The maximum atomic E-state index is 11.6. The molecule has 1 aliphatic heterocycles. The fourth-order valence-electron chi connectivity index (χ4n) is 2.10. The van der Waals surface area contributed by atoms with E-state index in [2.05, 4.69) is 24.5 Å². The molecule has 3 nitrogen and oxygen atoms in total. The molecule has 3 heteroatoms. The fraction of sp³-hybridized carbons (Fsp3) is 0.900. The molecule has 1 amide bonds. The molecule has 13 heavy (non-hydrogen) atoms. The second-order valence-corrected chi connectivity index (χ2v) is 4.93. The van der Waals surface area contributed by atoms with E-state index in [1.54, 1.807) is 0 Å². The summed E-state index contributed by atoms with van der Waals surface area (Å²) < 4.78 is 0. The molecular weight excluding hydrogens is 164 g/mol. The van der Waals surface area contributed by atoms with Gasteiger partial charge in [0.15, 0.2) is 0 Å². The van der Waals surface area contributed by atoms with Crippen molar-refractivity contribution in [2.45, 2.75) is 32.2 Å². The number of amides is 1. The van der Waals surface area contributed by atoms with E-state index < -0.39 is 0 Å². The highest BCUT2D eigenvalue weighted by atomic mass is 16.2. The Morgan fingerprint density at radius 3 is 2.46 bits per heavy atom. The summed E-state index contributed by atoms with van der Waals surface area (Å²) in [5, 5.41) is 6.29. The van der Waals surface area contributed by atoms with Gasteiger partial charge in [-0.05, 0) is 25.7 Å². The first-order valence-corrected chi connectivity index (χ1v) is 5.12. The average Bonchev–Trinajstić information content (AvgIpc) is 1.95. The van der Waals surface area contributed by atoms with Crippen LogP contribution in [0.4, 0.5) is 0 Å². The van der Waals surface area contributed by atoms with E-state index in [4.69, 9.17) is 0 Å². The summed E-state index contributed by atoms with van der Waals surface area (Å²) in [5.41, 5.74) is 0.0376. The molecule has 2 aliphatic rings. The van der Waals surface area contributed by atoms with E-state index in [9.17, 15) is 4.79 Å². The standard InChI is InChI=1S/C10H18N2O/c1-7-3-8(4-7)9(13)12-10(2)5-11-6-10/h7-8,11H,3-6H2,1-2H3,(H,12,13). The third-order valence-corrected chi connectivity index (χ3v) is 3.20. The van der Waals surface area contributed by atoms with Crippen LogP contribution in [0, 0.1) is 11.8 Å². The summed E-state index contributed by atoms with van der Waals surface area (Å²) in [6.45, 7) is 6.14. The van der Waals surface area contributed by atoms with Gasteiger partial charge >= 0.3 is 0 Å². The van der Waals surface area contributed by atoms with Crippen LogP contribution in [0.15, 0.2) is 0 Å². The maximum Gasteiger partial charge on any atom is 0.223 e. The lowest BCUT2D eigenvalue weighted by molar-refractivity contribution is -0.131. The van der Waals surface area contributed by atoms with Gasteiger partial charge in [0.2, 0.25) is 5.91 Å². The van der Waals surface area contributed by atoms with Crippen molar-refractivity contribution in [3.63, 3.8) is 0 Å². The largest absolute Gasteiger partial charge is 0.348 e. The van der Waals surface area contributed by atoms with Crippen LogP contribution < -0.4 is 10.6 Å². The molecule has 2 rings (SSSR count). The van der Waals surface area contributed by atoms with Gasteiger partial charge in [0.25, 0.3) is 0 Å². The van der Waals surface area contributed by atoms with Crippen LogP contribution in [0.25, 0.3) is 0 Å². The van der Waals surface area contributed by atoms with Gasteiger partial charge in [-0.15, -0.1) is 0 Å². The third-order valence-electron chi connectivity index (χ3n) is 3.20. The van der Waals surface area contributed by atoms with Crippen molar-refractivity contribution in [3.8, 4) is 0 Å². The highest BCUT2D eigenvalue weighted by Crippen LogP contribution is 2.33. The Hall–Kier alpha value is -0.570. The van der Waals surface area contributed by atoms with Crippen molar-refractivity contribution in [2.24, 2.45) is 11.8 Å². The molecule has 2 fully saturated rings. The summed E-state index contributed by atoms with van der Waals surface area (Å²) in [6.07, 6.45) is 2.16. The zero-order valence-corrected chi connectivity index (χ0v) is 8.39. The number of carbonyl (C=O) groups is 1. The van der Waals surface area contributed by atoms with Crippen molar-refractivity contribution in [1.82, 2.24) is 10.6 Å². The molecule has 2 N–H and O–H groups in total. The summed E-state index contributed by atoms with van der Waals surface area (Å²) in [4.78, 5) is 11.6. The Balaban J connectivity index is 1.78. The van der Waals surface area contributed by atoms with Crippen LogP contribution >= 0.6 is 0 Å². The zero-order valence-electron chi connectivity index (χ0n) is 8.39. The van der Waals surface area contributed by atoms with E-state index in [1.807, 2.05) is 0 Å². The van der Waals surface area contributed by atoms with Crippen molar-refractivity contribution < 1.29 is 4.79 Å². The van der Waals surface area contributed by atoms with E-state index in [0.29, 0.717) is 5.92 Å². The average molecular weight is 182 g/mol. The zero-order chi connectivity index (χ0) is 9.47. The number of hydrogen-bond donors (Lipinski definition) is 2. The Labute approximate surface area is 79.3 Å². The summed E-state index contributed by atoms with van der Waals surface area (Å²) in [6, 6.07) is 0.